The highest BCUT2D eigenvalue weighted by molar-refractivity contribution is 5.18. The van der Waals surface area contributed by atoms with Gasteiger partial charge in [0.2, 0.25) is 0 Å². The molecule has 0 amide bonds. The first-order valence-electron chi connectivity index (χ1n) is 4.74. The summed E-state index contributed by atoms with van der Waals surface area (Å²) >= 11 is 0. The molecule has 4 heteroatoms. The lowest BCUT2D eigenvalue weighted by molar-refractivity contribution is 0.0126. The summed E-state index contributed by atoms with van der Waals surface area (Å²) in [6.07, 6.45) is -0.720. The Morgan fingerprint density at radius 3 is 2.53 bits per heavy atom. The maximum Gasteiger partial charge on any atom is 0.123 e. The molecule has 0 saturated heterocycles. The van der Waals surface area contributed by atoms with Crippen molar-refractivity contribution in [2.24, 2.45) is 0 Å². The van der Waals surface area contributed by atoms with Gasteiger partial charge >= 0.3 is 0 Å². The molecule has 0 radical (unpaired) electrons. The van der Waals surface area contributed by atoms with Gasteiger partial charge in [-0.15, -0.1) is 0 Å². The molecule has 1 rings (SSSR count). The molecule has 1 aromatic carbocycles. The van der Waals surface area contributed by atoms with E-state index in [4.69, 9.17) is 9.47 Å². The maximum absolute atomic E-state index is 12.6. The van der Waals surface area contributed by atoms with Gasteiger partial charge in [0.25, 0.3) is 0 Å². The van der Waals surface area contributed by atoms with E-state index in [9.17, 15) is 9.50 Å². The number of halogens is 1. The van der Waals surface area contributed by atoms with Gasteiger partial charge in [0.1, 0.15) is 11.9 Å². The molecule has 0 aromatic heterocycles. The Kier molecular flexibility index (Phi) is 5.25. The van der Waals surface area contributed by atoms with E-state index in [0.717, 1.165) is 0 Å². The number of rotatable bonds is 6. The van der Waals surface area contributed by atoms with E-state index < -0.39 is 6.10 Å². The first-order valence-corrected chi connectivity index (χ1v) is 4.74. The first kappa shape index (κ1) is 12.1. The van der Waals surface area contributed by atoms with Crippen molar-refractivity contribution in [2.75, 3.05) is 26.9 Å². The van der Waals surface area contributed by atoms with E-state index in [0.29, 0.717) is 18.8 Å². The minimum atomic E-state index is -0.720. The highest BCUT2D eigenvalue weighted by Crippen LogP contribution is 2.13. The second kappa shape index (κ2) is 6.50. The van der Waals surface area contributed by atoms with Crippen LogP contribution in [0.1, 0.15) is 11.7 Å². The third-order valence-corrected chi connectivity index (χ3v) is 1.96. The molecule has 0 aliphatic rings. The summed E-state index contributed by atoms with van der Waals surface area (Å²) in [4.78, 5) is 0. The third-order valence-electron chi connectivity index (χ3n) is 1.96. The van der Waals surface area contributed by atoms with Crippen molar-refractivity contribution in [3.05, 3.63) is 35.6 Å². The van der Waals surface area contributed by atoms with Crippen LogP contribution >= 0.6 is 0 Å². The summed E-state index contributed by atoms with van der Waals surface area (Å²) in [6, 6.07) is 5.71. The van der Waals surface area contributed by atoms with E-state index in [1.807, 2.05) is 0 Å². The van der Waals surface area contributed by atoms with Crippen molar-refractivity contribution in [3.8, 4) is 0 Å². The largest absolute Gasteiger partial charge is 0.386 e. The van der Waals surface area contributed by atoms with Gasteiger partial charge < -0.3 is 14.6 Å². The van der Waals surface area contributed by atoms with Crippen LogP contribution in [0.4, 0.5) is 4.39 Å². The summed E-state index contributed by atoms with van der Waals surface area (Å²) in [7, 11) is 1.58. The van der Waals surface area contributed by atoms with Crippen molar-refractivity contribution < 1.29 is 19.0 Å². The highest BCUT2D eigenvalue weighted by Gasteiger charge is 2.07. The van der Waals surface area contributed by atoms with Crippen LogP contribution in [0.5, 0.6) is 0 Å². The van der Waals surface area contributed by atoms with E-state index in [1.54, 1.807) is 19.2 Å². The lowest BCUT2D eigenvalue weighted by Crippen LogP contribution is -2.10. The average molecular weight is 214 g/mol. The first-order chi connectivity index (χ1) is 7.24. The second-order valence-corrected chi connectivity index (χ2v) is 3.14. The predicted octanol–water partition coefficient (Wildman–Crippen LogP) is 1.52. The van der Waals surface area contributed by atoms with Crippen LogP contribution < -0.4 is 0 Å². The molecule has 0 saturated carbocycles. The number of hydrogen-bond donors (Lipinski definition) is 1. The minimum absolute atomic E-state index is 0.189. The molecular weight excluding hydrogens is 199 g/mol. The molecular formula is C11H15FO3. The van der Waals surface area contributed by atoms with Gasteiger partial charge in [-0.25, -0.2) is 4.39 Å². The average Bonchev–Trinajstić information content (AvgIpc) is 2.25. The Labute approximate surface area is 88.4 Å². The van der Waals surface area contributed by atoms with E-state index in [-0.39, 0.29) is 12.4 Å². The van der Waals surface area contributed by atoms with Crippen LogP contribution in [0.2, 0.25) is 0 Å². The number of benzene rings is 1. The zero-order chi connectivity index (χ0) is 11.1. The second-order valence-electron chi connectivity index (χ2n) is 3.14. The predicted molar refractivity (Wildman–Crippen MR) is 54.1 cm³/mol. The van der Waals surface area contributed by atoms with Crippen molar-refractivity contribution in [1.29, 1.82) is 0 Å². The molecule has 0 aliphatic carbocycles. The quantitative estimate of drug-likeness (QED) is 0.730. The van der Waals surface area contributed by atoms with Crippen LogP contribution in [0.25, 0.3) is 0 Å². The molecule has 0 aliphatic heterocycles. The van der Waals surface area contributed by atoms with Gasteiger partial charge in [-0.1, -0.05) is 12.1 Å². The van der Waals surface area contributed by atoms with Gasteiger partial charge in [-0.05, 0) is 17.7 Å². The fourth-order valence-corrected chi connectivity index (χ4v) is 1.12. The summed E-state index contributed by atoms with van der Waals surface area (Å²) in [5.41, 5.74) is 0.647. The van der Waals surface area contributed by atoms with E-state index in [2.05, 4.69) is 0 Å². The van der Waals surface area contributed by atoms with Crippen LogP contribution in [0.3, 0.4) is 0 Å². The SMILES string of the molecule is COCCOCC(O)c1ccc(F)cc1. The Hall–Kier alpha value is -0.970. The van der Waals surface area contributed by atoms with Gasteiger partial charge in [-0.2, -0.15) is 0 Å². The summed E-state index contributed by atoms with van der Waals surface area (Å²) in [5, 5.41) is 9.62. The maximum atomic E-state index is 12.6. The molecule has 0 fully saturated rings. The molecule has 0 spiro atoms. The van der Waals surface area contributed by atoms with Gasteiger partial charge in [0.15, 0.2) is 0 Å². The zero-order valence-electron chi connectivity index (χ0n) is 8.65. The Morgan fingerprint density at radius 1 is 1.27 bits per heavy atom. The zero-order valence-corrected chi connectivity index (χ0v) is 8.65. The van der Waals surface area contributed by atoms with Crippen molar-refractivity contribution in [2.45, 2.75) is 6.10 Å². The molecule has 84 valence electrons. The molecule has 1 unspecified atom stereocenters. The van der Waals surface area contributed by atoms with Crippen LogP contribution in [-0.4, -0.2) is 32.0 Å². The van der Waals surface area contributed by atoms with Gasteiger partial charge in [0, 0.05) is 7.11 Å². The fraction of sp³-hybridized carbons (Fsp3) is 0.455. The topological polar surface area (TPSA) is 38.7 Å². The molecule has 3 nitrogen and oxygen atoms in total. The molecule has 0 bridgehead atoms. The Bertz CT molecular complexity index is 274. The monoisotopic (exact) mass is 214 g/mol. The van der Waals surface area contributed by atoms with Gasteiger partial charge in [-0.3, -0.25) is 0 Å². The van der Waals surface area contributed by atoms with Crippen molar-refractivity contribution in [3.63, 3.8) is 0 Å². The molecule has 1 N–H and O–H groups in total. The molecule has 1 atom stereocenters. The van der Waals surface area contributed by atoms with E-state index in [1.165, 1.54) is 12.1 Å². The Morgan fingerprint density at radius 2 is 1.93 bits per heavy atom. The smallest absolute Gasteiger partial charge is 0.123 e. The normalized spacial score (nSPS) is 12.7. The number of hydrogen-bond acceptors (Lipinski definition) is 3. The lowest BCUT2D eigenvalue weighted by Gasteiger charge is -2.11. The lowest BCUT2D eigenvalue weighted by atomic mass is 10.1. The fourth-order valence-electron chi connectivity index (χ4n) is 1.12. The molecule has 15 heavy (non-hydrogen) atoms. The summed E-state index contributed by atoms with van der Waals surface area (Å²) in [5.74, 6) is -0.314. The van der Waals surface area contributed by atoms with E-state index >= 15 is 0 Å². The van der Waals surface area contributed by atoms with Gasteiger partial charge in [0.05, 0.1) is 19.8 Å². The number of methoxy groups -OCH3 is 1. The minimum Gasteiger partial charge on any atom is -0.386 e. The number of aliphatic hydroxyl groups is 1. The molecule has 1 aromatic rings. The van der Waals surface area contributed by atoms with Crippen LogP contribution in [0, 0.1) is 5.82 Å². The van der Waals surface area contributed by atoms with Crippen molar-refractivity contribution >= 4 is 0 Å². The Balaban J connectivity index is 2.33. The van der Waals surface area contributed by atoms with Crippen LogP contribution in [-0.2, 0) is 9.47 Å². The third kappa shape index (κ3) is 4.38. The van der Waals surface area contributed by atoms with Crippen LogP contribution in [0.15, 0.2) is 24.3 Å². The van der Waals surface area contributed by atoms with Crippen molar-refractivity contribution in [1.82, 2.24) is 0 Å². The number of ether oxygens (including phenoxy) is 2. The highest BCUT2D eigenvalue weighted by atomic mass is 19.1. The number of aliphatic hydroxyl groups excluding tert-OH is 1. The summed E-state index contributed by atoms with van der Waals surface area (Å²) in [6.45, 7) is 1.12. The standard InChI is InChI=1S/C11H15FO3/c1-14-6-7-15-8-11(13)9-2-4-10(12)5-3-9/h2-5,11,13H,6-8H2,1H3. The summed E-state index contributed by atoms with van der Waals surface area (Å²) < 4.78 is 22.5. The molecule has 0 heterocycles.